The van der Waals surface area contributed by atoms with Gasteiger partial charge in [0.05, 0.1) is 0 Å². The van der Waals surface area contributed by atoms with E-state index in [2.05, 4.69) is 23.2 Å². The normalized spacial score (nSPS) is 13.7. The summed E-state index contributed by atoms with van der Waals surface area (Å²) in [5.74, 6) is 0.0358. The molecule has 0 saturated carbocycles. The van der Waals surface area contributed by atoms with E-state index in [4.69, 9.17) is 0 Å². The van der Waals surface area contributed by atoms with Crippen molar-refractivity contribution >= 4 is 17.1 Å². The van der Waals surface area contributed by atoms with Crippen LogP contribution in [0, 0.1) is 0 Å². The average molecular weight is 243 g/mol. The molecule has 0 fully saturated rings. The smallest absolute Gasteiger partial charge is 0.178 e. The lowest BCUT2D eigenvalue weighted by atomic mass is 10.1. The van der Waals surface area contributed by atoms with Gasteiger partial charge in [-0.05, 0) is 36.5 Å². The van der Waals surface area contributed by atoms with E-state index in [1.54, 1.807) is 18.3 Å². The van der Waals surface area contributed by atoms with Crippen LogP contribution in [0.25, 0.3) is 10.6 Å². The Balaban J connectivity index is 2.00. The Labute approximate surface area is 104 Å². The largest absolute Gasteiger partial charge is 0.293 e. The Morgan fingerprint density at radius 1 is 1.29 bits per heavy atom. The number of rotatable bonds is 2. The van der Waals surface area contributed by atoms with Crippen molar-refractivity contribution in [2.45, 2.75) is 26.2 Å². The van der Waals surface area contributed by atoms with E-state index < -0.39 is 0 Å². The zero-order chi connectivity index (χ0) is 11.8. The molecule has 1 aromatic heterocycles. The van der Waals surface area contributed by atoms with Gasteiger partial charge in [0.15, 0.2) is 5.78 Å². The van der Waals surface area contributed by atoms with Gasteiger partial charge in [0.25, 0.3) is 0 Å². The standard InChI is InChI=1S/C14H13NOS/c1-9(16)13-8-17-14(15-13)12-6-5-10-3-2-4-11(10)7-12/h5-8H,2-4H2,1H3. The lowest BCUT2D eigenvalue weighted by Gasteiger charge is -2.01. The predicted octanol–water partition coefficient (Wildman–Crippen LogP) is 3.50. The Morgan fingerprint density at radius 3 is 2.88 bits per heavy atom. The minimum Gasteiger partial charge on any atom is -0.293 e. The van der Waals surface area contributed by atoms with Gasteiger partial charge in [-0.2, -0.15) is 0 Å². The molecule has 17 heavy (non-hydrogen) atoms. The molecule has 1 aromatic carbocycles. The van der Waals surface area contributed by atoms with Crippen LogP contribution in [-0.2, 0) is 12.8 Å². The van der Waals surface area contributed by atoms with E-state index in [0.717, 1.165) is 10.6 Å². The molecule has 0 N–H and O–H groups in total. The molecule has 86 valence electrons. The topological polar surface area (TPSA) is 30.0 Å². The molecule has 0 radical (unpaired) electrons. The highest BCUT2D eigenvalue weighted by Gasteiger charge is 2.13. The van der Waals surface area contributed by atoms with Crippen molar-refractivity contribution in [3.8, 4) is 10.6 Å². The van der Waals surface area contributed by atoms with Crippen molar-refractivity contribution < 1.29 is 4.79 Å². The molecule has 3 heteroatoms. The van der Waals surface area contributed by atoms with Crippen molar-refractivity contribution in [3.63, 3.8) is 0 Å². The zero-order valence-electron chi connectivity index (χ0n) is 9.69. The van der Waals surface area contributed by atoms with Crippen molar-refractivity contribution in [3.05, 3.63) is 40.4 Å². The third-order valence-corrected chi connectivity index (χ3v) is 4.10. The van der Waals surface area contributed by atoms with Crippen LogP contribution < -0.4 is 0 Å². The number of fused-ring (bicyclic) bond motifs is 1. The Morgan fingerprint density at radius 2 is 2.12 bits per heavy atom. The maximum Gasteiger partial charge on any atom is 0.178 e. The lowest BCUT2D eigenvalue weighted by Crippen LogP contribution is -1.91. The van der Waals surface area contributed by atoms with Gasteiger partial charge in [-0.15, -0.1) is 11.3 Å². The van der Waals surface area contributed by atoms with Crippen LogP contribution in [0.15, 0.2) is 23.6 Å². The first-order chi connectivity index (χ1) is 8.24. The number of thiazole rings is 1. The van der Waals surface area contributed by atoms with Crippen LogP contribution in [0.1, 0.15) is 35.0 Å². The van der Waals surface area contributed by atoms with E-state index in [0.29, 0.717) is 5.69 Å². The Bertz CT molecular complexity index is 586. The van der Waals surface area contributed by atoms with Gasteiger partial charge in [-0.1, -0.05) is 12.1 Å². The first kappa shape index (κ1) is 10.7. The SMILES string of the molecule is CC(=O)c1csc(-c2ccc3c(c2)CCC3)n1. The molecular formula is C14H13NOS. The maximum absolute atomic E-state index is 11.2. The van der Waals surface area contributed by atoms with Crippen molar-refractivity contribution in [2.24, 2.45) is 0 Å². The predicted molar refractivity (Wildman–Crippen MR) is 69.6 cm³/mol. The molecule has 2 aromatic rings. The zero-order valence-corrected chi connectivity index (χ0v) is 10.5. The van der Waals surface area contributed by atoms with Crippen molar-refractivity contribution in [1.82, 2.24) is 4.98 Å². The molecule has 0 amide bonds. The number of carbonyl (C=O) groups is 1. The molecule has 0 spiro atoms. The summed E-state index contributed by atoms with van der Waals surface area (Å²) >= 11 is 1.54. The van der Waals surface area contributed by atoms with Crippen LogP contribution in [-0.4, -0.2) is 10.8 Å². The second-order valence-corrected chi connectivity index (χ2v) is 5.29. The number of carbonyl (C=O) groups excluding carboxylic acids is 1. The van der Waals surface area contributed by atoms with E-state index in [-0.39, 0.29) is 5.78 Å². The summed E-state index contributed by atoms with van der Waals surface area (Å²) in [6, 6.07) is 6.55. The van der Waals surface area contributed by atoms with E-state index >= 15 is 0 Å². The second kappa shape index (κ2) is 4.08. The van der Waals surface area contributed by atoms with Crippen LogP contribution in [0.5, 0.6) is 0 Å². The highest BCUT2D eigenvalue weighted by molar-refractivity contribution is 7.13. The third-order valence-electron chi connectivity index (χ3n) is 3.21. The second-order valence-electron chi connectivity index (χ2n) is 4.43. The average Bonchev–Trinajstić information content (AvgIpc) is 2.97. The highest BCUT2D eigenvalue weighted by atomic mass is 32.1. The third kappa shape index (κ3) is 1.91. The van der Waals surface area contributed by atoms with Crippen LogP contribution in [0.2, 0.25) is 0 Å². The molecule has 1 aliphatic carbocycles. The fourth-order valence-electron chi connectivity index (χ4n) is 2.27. The molecular weight excluding hydrogens is 230 g/mol. The summed E-state index contributed by atoms with van der Waals surface area (Å²) in [4.78, 5) is 15.6. The maximum atomic E-state index is 11.2. The molecule has 0 unspecified atom stereocenters. The number of hydrogen-bond donors (Lipinski definition) is 0. The first-order valence-corrected chi connectivity index (χ1v) is 6.70. The first-order valence-electron chi connectivity index (χ1n) is 5.82. The number of benzene rings is 1. The molecule has 0 bridgehead atoms. The number of aryl methyl sites for hydroxylation is 2. The fraction of sp³-hybridized carbons (Fsp3) is 0.286. The van der Waals surface area contributed by atoms with Crippen LogP contribution >= 0.6 is 11.3 Å². The van der Waals surface area contributed by atoms with Gasteiger partial charge in [-0.3, -0.25) is 4.79 Å². The summed E-state index contributed by atoms with van der Waals surface area (Å²) in [6.07, 6.45) is 3.63. The number of nitrogens with zero attached hydrogens (tertiary/aromatic N) is 1. The van der Waals surface area contributed by atoms with Gasteiger partial charge >= 0.3 is 0 Å². The minimum absolute atomic E-state index is 0.0358. The van der Waals surface area contributed by atoms with E-state index in [1.807, 2.05) is 5.38 Å². The Hall–Kier alpha value is -1.48. The Kier molecular flexibility index (Phi) is 2.56. The molecule has 0 aliphatic heterocycles. The number of ketones is 1. The van der Waals surface area contributed by atoms with Gasteiger partial charge in [-0.25, -0.2) is 4.98 Å². The van der Waals surface area contributed by atoms with Crippen molar-refractivity contribution in [1.29, 1.82) is 0 Å². The monoisotopic (exact) mass is 243 g/mol. The van der Waals surface area contributed by atoms with Gasteiger partial charge < -0.3 is 0 Å². The number of hydrogen-bond acceptors (Lipinski definition) is 3. The lowest BCUT2D eigenvalue weighted by molar-refractivity contribution is 0.101. The summed E-state index contributed by atoms with van der Waals surface area (Å²) < 4.78 is 0. The van der Waals surface area contributed by atoms with Gasteiger partial charge in [0.1, 0.15) is 10.7 Å². The van der Waals surface area contributed by atoms with E-state index in [1.165, 1.54) is 30.4 Å². The summed E-state index contributed by atoms with van der Waals surface area (Å²) in [7, 11) is 0. The van der Waals surface area contributed by atoms with Gasteiger partial charge in [0.2, 0.25) is 0 Å². The fourth-order valence-corrected chi connectivity index (χ4v) is 3.13. The minimum atomic E-state index is 0.0358. The van der Waals surface area contributed by atoms with Crippen molar-refractivity contribution in [2.75, 3.05) is 0 Å². The molecule has 1 aliphatic rings. The highest BCUT2D eigenvalue weighted by Crippen LogP contribution is 2.29. The summed E-state index contributed by atoms with van der Waals surface area (Å²) in [6.45, 7) is 1.56. The molecule has 0 atom stereocenters. The van der Waals surface area contributed by atoms with Gasteiger partial charge in [0, 0.05) is 17.9 Å². The number of aromatic nitrogens is 1. The summed E-state index contributed by atoms with van der Waals surface area (Å²) in [5, 5.41) is 2.79. The van der Waals surface area contributed by atoms with Crippen LogP contribution in [0.4, 0.5) is 0 Å². The number of Topliss-reactive ketones (excluding diaryl/α,β-unsaturated/α-hetero) is 1. The quantitative estimate of drug-likeness (QED) is 0.756. The summed E-state index contributed by atoms with van der Waals surface area (Å²) in [5.41, 5.74) is 4.63. The molecule has 2 nitrogen and oxygen atoms in total. The molecule has 1 heterocycles. The molecule has 0 saturated heterocycles. The van der Waals surface area contributed by atoms with E-state index in [9.17, 15) is 4.79 Å². The van der Waals surface area contributed by atoms with Crippen LogP contribution in [0.3, 0.4) is 0 Å². The molecule has 3 rings (SSSR count).